The molecule has 0 bridgehead atoms. The fourth-order valence-corrected chi connectivity index (χ4v) is 1.87. The summed E-state index contributed by atoms with van der Waals surface area (Å²) in [7, 11) is -4.06. The van der Waals surface area contributed by atoms with Gasteiger partial charge in [-0.2, -0.15) is 0 Å². The van der Waals surface area contributed by atoms with E-state index < -0.39 is 28.5 Å². The van der Waals surface area contributed by atoms with Gasteiger partial charge in [0, 0.05) is 0 Å². The molecule has 1 aromatic rings. The third-order valence-corrected chi connectivity index (χ3v) is 2.99. The lowest BCUT2D eigenvalue weighted by molar-refractivity contribution is -0.123. The Morgan fingerprint density at radius 1 is 1.39 bits per heavy atom. The van der Waals surface area contributed by atoms with E-state index in [0.29, 0.717) is 0 Å². The molecule has 0 fully saturated rings. The van der Waals surface area contributed by atoms with Gasteiger partial charge in [-0.25, -0.2) is 13.2 Å². The summed E-state index contributed by atoms with van der Waals surface area (Å²) >= 11 is 0. The molecule has 0 heterocycles. The fourth-order valence-electron chi connectivity index (χ4n) is 1.02. The largest absolute Gasteiger partial charge is 0.478 e. The van der Waals surface area contributed by atoms with Crippen molar-refractivity contribution in [3.63, 3.8) is 0 Å². The number of primary amides is 1. The van der Waals surface area contributed by atoms with Gasteiger partial charge in [-0.15, -0.1) is 0 Å². The Labute approximate surface area is 102 Å². The molecule has 0 saturated carbocycles. The lowest BCUT2D eigenvalue weighted by Gasteiger charge is -2.06. The number of benzene rings is 1. The molecular weight excluding hydrogens is 264 g/mol. The van der Waals surface area contributed by atoms with Crippen LogP contribution in [0.1, 0.15) is 10.4 Å². The Kier molecular flexibility index (Phi) is 4.37. The van der Waals surface area contributed by atoms with Crippen molar-refractivity contribution in [2.75, 3.05) is 6.61 Å². The highest BCUT2D eigenvalue weighted by molar-refractivity contribution is 7.89. The van der Waals surface area contributed by atoms with Gasteiger partial charge in [0.1, 0.15) is 6.61 Å². The van der Waals surface area contributed by atoms with Crippen LogP contribution in [0.3, 0.4) is 0 Å². The van der Waals surface area contributed by atoms with Crippen molar-refractivity contribution < 1.29 is 28.0 Å². The number of hydrogen-bond acceptors (Lipinski definition) is 5. The van der Waals surface area contributed by atoms with Crippen LogP contribution in [0.2, 0.25) is 0 Å². The van der Waals surface area contributed by atoms with Gasteiger partial charge in [0.05, 0.1) is 10.5 Å². The van der Waals surface area contributed by atoms with E-state index in [4.69, 9.17) is 10.8 Å². The summed E-state index contributed by atoms with van der Waals surface area (Å²) in [5.41, 5.74) is 4.56. The topological polar surface area (TPSA) is 136 Å². The molecule has 0 unspecified atom stereocenters. The van der Waals surface area contributed by atoms with Crippen LogP contribution < -0.4 is 10.6 Å². The van der Waals surface area contributed by atoms with Gasteiger partial charge in [0.15, 0.2) is 0 Å². The second kappa shape index (κ2) is 5.58. The van der Waals surface area contributed by atoms with E-state index in [-0.39, 0.29) is 10.5 Å². The second-order valence-electron chi connectivity index (χ2n) is 3.17. The molecule has 0 aliphatic carbocycles. The third kappa shape index (κ3) is 3.80. The standard InChI is InChI=1S/C9H10N2O6S/c10-8(12)5-17-11-18(15,16)7-3-1-2-6(4-7)9(13)14/h1-4,11H,5H2,(H2,10,12)(H,13,14). The smallest absolute Gasteiger partial charge is 0.335 e. The van der Waals surface area contributed by atoms with Gasteiger partial charge < -0.3 is 10.8 Å². The Hall–Kier alpha value is -1.97. The van der Waals surface area contributed by atoms with Crippen molar-refractivity contribution in [1.29, 1.82) is 0 Å². The number of carboxylic acid groups (broad SMARTS) is 1. The van der Waals surface area contributed by atoms with E-state index in [1.807, 2.05) is 0 Å². The number of aromatic carboxylic acids is 1. The average Bonchev–Trinajstić information content (AvgIpc) is 2.28. The van der Waals surface area contributed by atoms with E-state index in [0.717, 1.165) is 6.07 Å². The minimum Gasteiger partial charge on any atom is -0.478 e. The number of amides is 1. The van der Waals surface area contributed by atoms with Crippen LogP contribution in [-0.2, 0) is 19.7 Å². The molecule has 0 aromatic heterocycles. The van der Waals surface area contributed by atoms with Gasteiger partial charge in [-0.05, 0) is 18.2 Å². The lowest BCUT2D eigenvalue weighted by Crippen LogP contribution is -2.29. The number of sulfonamides is 1. The quantitative estimate of drug-likeness (QED) is 0.574. The van der Waals surface area contributed by atoms with Crippen molar-refractivity contribution in [3.05, 3.63) is 29.8 Å². The fraction of sp³-hybridized carbons (Fsp3) is 0.111. The Morgan fingerprint density at radius 2 is 2.06 bits per heavy atom. The van der Waals surface area contributed by atoms with Crippen molar-refractivity contribution in [2.24, 2.45) is 5.73 Å². The zero-order valence-electron chi connectivity index (χ0n) is 8.99. The van der Waals surface area contributed by atoms with E-state index in [9.17, 15) is 18.0 Å². The highest BCUT2D eigenvalue weighted by atomic mass is 32.2. The molecule has 0 aliphatic rings. The summed E-state index contributed by atoms with van der Waals surface area (Å²) in [4.78, 5) is 26.7. The average molecular weight is 274 g/mol. The van der Waals surface area contributed by atoms with Gasteiger partial charge in [-0.1, -0.05) is 11.0 Å². The second-order valence-corrected chi connectivity index (χ2v) is 4.82. The van der Waals surface area contributed by atoms with Crippen LogP contribution in [0, 0.1) is 0 Å². The molecule has 8 nitrogen and oxygen atoms in total. The maximum atomic E-state index is 11.6. The molecule has 0 radical (unpaired) electrons. The van der Waals surface area contributed by atoms with Crippen molar-refractivity contribution in [1.82, 2.24) is 4.89 Å². The van der Waals surface area contributed by atoms with Crippen LogP contribution in [0.5, 0.6) is 0 Å². The number of nitrogens with two attached hydrogens (primary N) is 1. The van der Waals surface area contributed by atoms with Gasteiger partial charge in [0.25, 0.3) is 10.0 Å². The molecule has 1 rings (SSSR count). The molecular formula is C9H10N2O6S. The number of hydrogen-bond donors (Lipinski definition) is 3. The van der Waals surface area contributed by atoms with Crippen LogP contribution in [0.15, 0.2) is 29.2 Å². The van der Waals surface area contributed by atoms with Crippen LogP contribution in [0.4, 0.5) is 0 Å². The molecule has 98 valence electrons. The molecule has 18 heavy (non-hydrogen) atoms. The van der Waals surface area contributed by atoms with E-state index in [1.165, 1.54) is 18.2 Å². The number of nitrogens with one attached hydrogen (secondary N) is 1. The van der Waals surface area contributed by atoms with Gasteiger partial charge in [0.2, 0.25) is 5.91 Å². The van der Waals surface area contributed by atoms with Crippen LogP contribution >= 0.6 is 0 Å². The SMILES string of the molecule is NC(=O)CONS(=O)(=O)c1cccc(C(=O)O)c1. The minimum absolute atomic E-state index is 0.187. The third-order valence-electron chi connectivity index (χ3n) is 1.77. The van der Waals surface area contributed by atoms with E-state index in [2.05, 4.69) is 4.84 Å². The molecule has 0 aliphatic heterocycles. The normalized spacial score (nSPS) is 11.1. The Morgan fingerprint density at radius 3 is 2.61 bits per heavy atom. The van der Waals surface area contributed by atoms with Crippen molar-refractivity contribution >= 4 is 21.9 Å². The summed E-state index contributed by atoms with van der Waals surface area (Å²) in [6.07, 6.45) is 0. The number of carbonyl (C=O) groups is 2. The molecule has 0 saturated heterocycles. The predicted octanol–water partition coefficient (Wildman–Crippen LogP) is -0.920. The molecule has 0 spiro atoms. The number of carbonyl (C=O) groups excluding carboxylic acids is 1. The summed E-state index contributed by atoms with van der Waals surface area (Å²) in [5.74, 6) is -2.11. The number of carboxylic acids is 1. The monoisotopic (exact) mass is 274 g/mol. The summed E-state index contributed by atoms with van der Waals surface area (Å²) < 4.78 is 23.2. The first-order valence-corrected chi connectivity index (χ1v) is 6.06. The Bertz CT molecular complexity index is 568. The number of rotatable bonds is 6. The first-order valence-electron chi connectivity index (χ1n) is 4.58. The maximum absolute atomic E-state index is 11.6. The summed E-state index contributed by atoms with van der Waals surface area (Å²) in [6.45, 7) is -0.627. The minimum atomic E-state index is -4.06. The highest BCUT2D eigenvalue weighted by Crippen LogP contribution is 2.11. The van der Waals surface area contributed by atoms with Crippen molar-refractivity contribution in [3.8, 4) is 0 Å². The van der Waals surface area contributed by atoms with Crippen LogP contribution in [-0.4, -0.2) is 32.0 Å². The zero-order chi connectivity index (χ0) is 13.8. The molecule has 4 N–H and O–H groups in total. The van der Waals surface area contributed by atoms with E-state index in [1.54, 1.807) is 4.89 Å². The van der Waals surface area contributed by atoms with Crippen molar-refractivity contribution in [2.45, 2.75) is 4.90 Å². The lowest BCUT2D eigenvalue weighted by atomic mass is 10.2. The highest BCUT2D eigenvalue weighted by Gasteiger charge is 2.16. The summed E-state index contributed by atoms with van der Waals surface area (Å²) in [5, 5.41) is 8.72. The van der Waals surface area contributed by atoms with Gasteiger partial charge >= 0.3 is 5.97 Å². The summed E-state index contributed by atoms with van der Waals surface area (Å²) in [6, 6.07) is 4.65. The molecule has 1 amide bonds. The zero-order valence-corrected chi connectivity index (χ0v) is 9.81. The maximum Gasteiger partial charge on any atom is 0.335 e. The van der Waals surface area contributed by atoms with Crippen LogP contribution in [0.25, 0.3) is 0 Å². The molecule has 0 atom stereocenters. The molecule has 1 aromatic carbocycles. The first-order chi connectivity index (χ1) is 8.33. The predicted molar refractivity (Wildman–Crippen MR) is 58.9 cm³/mol. The van der Waals surface area contributed by atoms with Gasteiger partial charge in [-0.3, -0.25) is 9.63 Å². The Balaban J connectivity index is 2.88. The molecule has 9 heteroatoms. The first kappa shape index (κ1) is 14.1. The van der Waals surface area contributed by atoms with E-state index >= 15 is 0 Å².